The third kappa shape index (κ3) is 5.10. The second-order valence-electron chi connectivity index (χ2n) is 7.58. The zero-order chi connectivity index (χ0) is 18.4. The van der Waals surface area contributed by atoms with E-state index in [1.165, 1.54) is 5.56 Å². The Kier molecular flexibility index (Phi) is 6.72. The number of aliphatic imine (C=N–C) groups is 1. The summed E-state index contributed by atoms with van der Waals surface area (Å²) in [5.41, 5.74) is 1.20. The van der Waals surface area contributed by atoms with Crippen molar-refractivity contribution in [3.63, 3.8) is 0 Å². The molecule has 1 aromatic rings. The number of aromatic nitrogens is 1. The zero-order valence-corrected chi connectivity index (χ0v) is 16.1. The normalized spacial score (nSPS) is 24.7. The average molecular weight is 360 g/mol. The van der Waals surface area contributed by atoms with E-state index < -0.39 is 0 Å². The second kappa shape index (κ2) is 9.21. The van der Waals surface area contributed by atoms with Gasteiger partial charge in [0, 0.05) is 44.3 Å². The van der Waals surface area contributed by atoms with Crippen LogP contribution in [-0.4, -0.2) is 54.4 Å². The number of anilines is 1. The minimum Gasteiger partial charge on any atom is -0.393 e. The molecule has 1 aromatic heterocycles. The number of aliphatic hydroxyl groups is 1. The fraction of sp³-hybridized carbons (Fsp3) is 0.700. The van der Waals surface area contributed by atoms with Crippen molar-refractivity contribution in [1.82, 2.24) is 15.6 Å². The van der Waals surface area contributed by atoms with Crippen molar-refractivity contribution in [2.75, 3.05) is 31.1 Å². The van der Waals surface area contributed by atoms with Gasteiger partial charge in [-0.15, -0.1) is 0 Å². The van der Waals surface area contributed by atoms with Crippen LogP contribution in [-0.2, 0) is 0 Å². The van der Waals surface area contributed by atoms with E-state index in [2.05, 4.69) is 46.5 Å². The van der Waals surface area contributed by atoms with Crippen molar-refractivity contribution in [2.24, 2.45) is 10.9 Å². The minimum absolute atomic E-state index is 0.174. The fourth-order valence-electron chi connectivity index (χ4n) is 3.85. The number of rotatable bonds is 5. The number of guanidine groups is 1. The average Bonchev–Trinajstić information content (AvgIpc) is 3.06. The zero-order valence-electron chi connectivity index (χ0n) is 16.1. The molecule has 0 amide bonds. The molecule has 0 radical (unpaired) electrons. The number of nitrogens with zero attached hydrogens (tertiary/aromatic N) is 3. The molecule has 3 rings (SSSR count). The molecular formula is C20H33N5O. The number of aryl methyl sites for hydroxylation is 1. The van der Waals surface area contributed by atoms with Crippen LogP contribution in [0.15, 0.2) is 23.3 Å². The van der Waals surface area contributed by atoms with Gasteiger partial charge in [-0.2, -0.15) is 0 Å². The summed E-state index contributed by atoms with van der Waals surface area (Å²) in [5, 5.41) is 16.9. The Labute approximate surface area is 157 Å². The smallest absolute Gasteiger partial charge is 0.191 e. The molecule has 2 aliphatic rings. The summed E-state index contributed by atoms with van der Waals surface area (Å²) in [6.45, 7) is 7.74. The van der Waals surface area contributed by atoms with Crippen LogP contribution in [0.1, 0.15) is 44.6 Å². The van der Waals surface area contributed by atoms with Crippen molar-refractivity contribution in [2.45, 2.75) is 58.1 Å². The summed E-state index contributed by atoms with van der Waals surface area (Å²) < 4.78 is 0. The highest BCUT2D eigenvalue weighted by Gasteiger charge is 2.25. The molecule has 6 nitrogen and oxygen atoms in total. The predicted molar refractivity (Wildman–Crippen MR) is 107 cm³/mol. The topological polar surface area (TPSA) is 72.8 Å². The van der Waals surface area contributed by atoms with Gasteiger partial charge in [0.2, 0.25) is 0 Å². The number of hydrogen-bond donors (Lipinski definition) is 3. The molecule has 1 aliphatic carbocycles. The first kappa shape index (κ1) is 19.0. The Morgan fingerprint density at radius 2 is 2.08 bits per heavy atom. The first-order valence-electron chi connectivity index (χ1n) is 10.1. The number of nitrogens with one attached hydrogen (secondary N) is 2. The number of piperidine rings is 1. The second-order valence-corrected chi connectivity index (χ2v) is 7.58. The highest BCUT2D eigenvalue weighted by Crippen LogP contribution is 2.25. The van der Waals surface area contributed by atoms with Gasteiger partial charge >= 0.3 is 0 Å². The molecule has 0 bridgehead atoms. The lowest BCUT2D eigenvalue weighted by Gasteiger charge is -2.34. The Balaban J connectivity index is 1.50. The molecule has 2 fully saturated rings. The van der Waals surface area contributed by atoms with Crippen LogP contribution in [0.25, 0.3) is 0 Å². The molecular weight excluding hydrogens is 326 g/mol. The lowest BCUT2D eigenvalue weighted by molar-refractivity contribution is 0.136. The van der Waals surface area contributed by atoms with Crippen LogP contribution in [0.5, 0.6) is 0 Å². The Morgan fingerprint density at radius 3 is 2.69 bits per heavy atom. The van der Waals surface area contributed by atoms with E-state index in [-0.39, 0.29) is 6.10 Å². The Bertz CT molecular complexity index is 580. The minimum atomic E-state index is -0.174. The van der Waals surface area contributed by atoms with Gasteiger partial charge in [0.25, 0.3) is 0 Å². The van der Waals surface area contributed by atoms with Gasteiger partial charge in [-0.1, -0.05) is 12.5 Å². The molecule has 2 heterocycles. The third-order valence-electron chi connectivity index (χ3n) is 5.50. The molecule has 0 aromatic carbocycles. The van der Waals surface area contributed by atoms with E-state index in [4.69, 9.17) is 4.99 Å². The highest BCUT2D eigenvalue weighted by molar-refractivity contribution is 5.80. The van der Waals surface area contributed by atoms with Crippen LogP contribution >= 0.6 is 0 Å². The van der Waals surface area contributed by atoms with Crippen molar-refractivity contribution in [3.05, 3.63) is 23.9 Å². The van der Waals surface area contributed by atoms with Gasteiger partial charge in [0.1, 0.15) is 5.82 Å². The van der Waals surface area contributed by atoms with E-state index >= 15 is 0 Å². The summed E-state index contributed by atoms with van der Waals surface area (Å²) in [5.74, 6) is 2.28. The van der Waals surface area contributed by atoms with Crippen LogP contribution in [0.3, 0.4) is 0 Å². The van der Waals surface area contributed by atoms with Gasteiger partial charge in [-0.25, -0.2) is 4.98 Å². The maximum absolute atomic E-state index is 9.99. The lowest BCUT2D eigenvalue weighted by Crippen LogP contribution is -2.49. The molecule has 144 valence electrons. The van der Waals surface area contributed by atoms with Crippen molar-refractivity contribution < 1.29 is 5.11 Å². The maximum atomic E-state index is 9.99. The van der Waals surface area contributed by atoms with Gasteiger partial charge < -0.3 is 20.6 Å². The van der Waals surface area contributed by atoms with Gasteiger partial charge in [-0.3, -0.25) is 4.99 Å². The van der Waals surface area contributed by atoms with Crippen molar-refractivity contribution >= 4 is 11.8 Å². The molecule has 1 saturated carbocycles. The molecule has 1 aliphatic heterocycles. The van der Waals surface area contributed by atoms with E-state index in [0.717, 1.165) is 63.5 Å². The SMILES string of the molecule is CCNC(=NCC1CCCC1O)NC1CCN(c2ccc(C)cn2)CC1. The van der Waals surface area contributed by atoms with Gasteiger partial charge in [-0.05, 0) is 51.2 Å². The van der Waals surface area contributed by atoms with Crippen LogP contribution in [0, 0.1) is 12.8 Å². The van der Waals surface area contributed by atoms with Gasteiger partial charge in [0.15, 0.2) is 5.96 Å². The maximum Gasteiger partial charge on any atom is 0.191 e. The molecule has 3 N–H and O–H groups in total. The summed E-state index contributed by atoms with van der Waals surface area (Å²) in [7, 11) is 0. The molecule has 2 unspecified atom stereocenters. The first-order chi connectivity index (χ1) is 12.7. The quantitative estimate of drug-likeness (QED) is 0.554. The lowest BCUT2D eigenvalue weighted by atomic mass is 10.1. The summed E-state index contributed by atoms with van der Waals surface area (Å²) in [6, 6.07) is 4.67. The number of pyridine rings is 1. The third-order valence-corrected chi connectivity index (χ3v) is 5.50. The van der Waals surface area contributed by atoms with Crippen molar-refractivity contribution in [1.29, 1.82) is 0 Å². The Morgan fingerprint density at radius 1 is 1.27 bits per heavy atom. The summed E-state index contributed by atoms with van der Waals surface area (Å²) in [6.07, 6.45) is 7.05. The molecule has 6 heteroatoms. The van der Waals surface area contributed by atoms with E-state index in [1.54, 1.807) is 0 Å². The summed E-state index contributed by atoms with van der Waals surface area (Å²) in [4.78, 5) is 11.6. The largest absolute Gasteiger partial charge is 0.393 e. The van der Waals surface area contributed by atoms with E-state index in [1.807, 2.05) is 6.20 Å². The molecule has 2 atom stereocenters. The number of aliphatic hydroxyl groups excluding tert-OH is 1. The fourth-order valence-corrected chi connectivity index (χ4v) is 3.85. The predicted octanol–water partition coefficient (Wildman–Crippen LogP) is 2.07. The standard InChI is InChI=1S/C20H33N5O/c1-3-21-20(23-14-16-5-4-6-18(16)26)24-17-9-11-25(12-10-17)19-8-7-15(2)13-22-19/h7-8,13,16-18,26H,3-6,9-12,14H2,1-2H3,(H2,21,23,24). The first-order valence-corrected chi connectivity index (χ1v) is 10.1. The van der Waals surface area contributed by atoms with Gasteiger partial charge in [0.05, 0.1) is 6.10 Å². The molecule has 26 heavy (non-hydrogen) atoms. The summed E-state index contributed by atoms with van der Waals surface area (Å²) >= 11 is 0. The van der Waals surface area contributed by atoms with Crippen LogP contribution in [0.4, 0.5) is 5.82 Å². The molecule has 1 saturated heterocycles. The highest BCUT2D eigenvalue weighted by atomic mass is 16.3. The number of hydrogen-bond acceptors (Lipinski definition) is 4. The van der Waals surface area contributed by atoms with Crippen LogP contribution in [0.2, 0.25) is 0 Å². The van der Waals surface area contributed by atoms with Crippen LogP contribution < -0.4 is 15.5 Å². The monoisotopic (exact) mass is 359 g/mol. The Hall–Kier alpha value is -1.82. The van der Waals surface area contributed by atoms with E-state index in [0.29, 0.717) is 18.5 Å². The van der Waals surface area contributed by atoms with Crippen molar-refractivity contribution in [3.8, 4) is 0 Å². The molecule has 0 spiro atoms. The van der Waals surface area contributed by atoms with E-state index in [9.17, 15) is 5.11 Å².